The van der Waals surface area contributed by atoms with Gasteiger partial charge in [0, 0.05) is 27.1 Å². The van der Waals surface area contributed by atoms with E-state index in [-0.39, 0.29) is 0 Å². The molecule has 0 fully saturated rings. The van der Waals surface area contributed by atoms with Crippen molar-refractivity contribution in [1.29, 1.82) is 0 Å². The summed E-state index contributed by atoms with van der Waals surface area (Å²) in [5.74, 6) is 1.29. The summed E-state index contributed by atoms with van der Waals surface area (Å²) < 4.78 is 29.3. The van der Waals surface area contributed by atoms with Gasteiger partial charge < -0.3 is 4.57 Å². The Bertz CT molecular complexity index is 732. The van der Waals surface area contributed by atoms with E-state index in [0.29, 0.717) is 11.6 Å². The second-order valence-electron chi connectivity index (χ2n) is 5.28. The van der Waals surface area contributed by atoms with Gasteiger partial charge in [0.1, 0.15) is 5.82 Å². The molecule has 2 aromatic rings. The summed E-state index contributed by atoms with van der Waals surface area (Å²) in [7, 11) is 1.45. The third kappa shape index (κ3) is 2.64. The number of benzene rings is 1. The number of hydrogen-bond donors (Lipinski definition) is 1. The summed E-state index contributed by atoms with van der Waals surface area (Å²) in [4.78, 5) is 4.56. The van der Waals surface area contributed by atoms with Crippen molar-refractivity contribution in [3.05, 3.63) is 24.0 Å². The summed E-state index contributed by atoms with van der Waals surface area (Å²) in [5, 5.41) is 0. The molecule has 2 rings (SSSR count). The molecule has 0 saturated heterocycles. The number of fused-ring (bicyclic) bond motifs is 1. The van der Waals surface area contributed by atoms with E-state index in [1.165, 1.54) is 14.1 Å². The molecule has 6 nitrogen and oxygen atoms in total. The number of aryl methyl sites for hydroxylation is 1. The van der Waals surface area contributed by atoms with Gasteiger partial charge in [0.2, 0.25) is 0 Å². The van der Waals surface area contributed by atoms with Crippen LogP contribution >= 0.6 is 0 Å². The van der Waals surface area contributed by atoms with Gasteiger partial charge in [-0.1, -0.05) is 13.8 Å². The Hall–Kier alpha value is -1.60. The van der Waals surface area contributed by atoms with Crippen molar-refractivity contribution < 1.29 is 8.42 Å². The maximum atomic E-state index is 11.8. The smallest absolute Gasteiger partial charge is 0.301 e. The minimum Gasteiger partial charge on any atom is -0.331 e. The van der Waals surface area contributed by atoms with Gasteiger partial charge in [-0.2, -0.15) is 12.7 Å². The zero-order valence-electron chi connectivity index (χ0n) is 12.4. The van der Waals surface area contributed by atoms with Crippen molar-refractivity contribution in [3.8, 4) is 0 Å². The van der Waals surface area contributed by atoms with Crippen LogP contribution in [0.15, 0.2) is 18.2 Å². The van der Waals surface area contributed by atoms with Gasteiger partial charge in [0.05, 0.1) is 16.7 Å². The van der Waals surface area contributed by atoms with Crippen LogP contribution in [0, 0.1) is 0 Å². The SMILES string of the molecule is CC(C)c1nc2cc(NS(=O)(=O)N(C)C)ccc2n1C. The van der Waals surface area contributed by atoms with Crippen LogP contribution in [0.4, 0.5) is 5.69 Å². The molecule has 0 amide bonds. The molecular formula is C13H20N4O2S. The highest BCUT2D eigenvalue weighted by molar-refractivity contribution is 7.90. The molecule has 0 aliphatic carbocycles. The Morgan fingerprint density at radius 1 is 1.30 bits per heavy atom. The topological polar surface area (TPSA) is 67.2 Å². The predicted molar refractivity (Wildman–Crippen MR) is 81.0 cm³/mol. The van der Waals surface area contributed by atoms with Crippen molar-refractivity contribution in [2.75, 3.05) is 18.8 Å². The van der Waals surface area contributed by atoms with Crippen molar-refractivity contribution in [2.24, 2.45) is 7.05 Å². The number of imidazole rings is 1. The first-order valence-electron chi connectivity index (χ1n) is 6.39. The van der Waals surface area contributed by atoms with Crippen molar-refractivity contribution >= 4 is 26.9 Å². The molecule has 0 atom stereocenters. The zero-order chi connectivity index (χ0) is 15.1. The van der Waals surface area contributed by atoms with Crippen LogP contribution in [-0.4, -0.2) is 36.4 Å². The molecule has 0 spiro atoms. The van der Waals surface area contributed by atoms with E-state index < -0.39 is 10.2 Å². The van der Waals surface area contributed by atoms with Crippen LogP contribution in [-0.2, 0) is 17.3 Å². The van der Waals surface area contributed by atoms with Crippen LogP contribution in [0.5, 0.6) is 0 Å². The van der Waals surface area contributed by atoms with Crippen molar-refractivity contribution in [3.63, 3.8) is 0 Å². The largest absolute Gasteiger partial charge is 0.331 e. The lowest BCUT2D eigenvalue weighted by Crippen LogP contribution is -2.28. The van der Waals surface area contributed by atoms with Gasteiger partial charge in [0.25, 0.3) is 0 Å². The molecule has 0 unspecified atom stereocenters. The van der Waals surface area contributed by atoms with Gasteiger partial charge >= 0.3 is 10.2 Å². The Labute approximate surface area is 119 Å². The summed E-state index contributed by atoms with van der Waals surface area (Å²) in [6.07, 6.45) is 0. The zero-order valence-corrected chi connectivity index (χ0v) is 13.2. The number of hydrogen-bond acceptors (Lipinski definition) is 3. The first-order valence-corrected chi connectivity index (χ1v) is 7.83. The molecule has 1 aromatic carbocycles. The van der Waals surface area contributed by atoms with E-state index in [1.807, 2.05) is 17.7 Å². The summed E-state index contributed by atoms with van der Waals surface area (Å²) >= 11 is 0. The first kappa shape index (κ1) is 14.8. The normalized spacial score (nSPS) is 12.6. The lowest BCUT2D eigenvalue weighted by molar-refractivity contribution is 0.527. The van der Waals surface area contributed by atoms with Gasteiger partial charge in [0.15, 0.2) is 0 Å². The molecule has 0 saturated carbocycles. The average molecular weight is 296 g/mol. The van der Waals surface area contributed by atoms with Gasteiger partial charge in [-0.25, -0.2) is 4.98 Å². The molecule has 0 radical (unpaired) electrons. The third-order valence-corrected chi connectivity index (χ3v) is 4.61. The highest BCUT2D eigenvalue weighted by Gasteiger charge is 2.15. The number of rotatable bonds is 4. The standard InChI is InChI=1S/C13H20N4O2S/c1-9(2)13-14-11-8-10(6-7-12(11)17(13)5)15-20(18,19)16(3)4/h6-9,15H,1-5H3. The van der Waals surface area contributed by atoms with Crippen LogP contribution < -0.4 is 4.72 Å². The average Bonchev–Trinajstić information content (AvgIpc) is 2.66. The molecule has 20 heavy (non-hydrogen) atoms. The van der Waals surface area contributed by atoms with Crippen molar-refractivity contribution in [2.45, 2.75) is 19.8 Å². The monoisotopic (exact) mass is 296 g/mol. The first-order chi connectivity index (χ1) is 9.22. The maximum Gasteiger partial charge on any atom is 0.301 e. The van der Waals surface area contributed by atoms with E-state index in [4.69, 9.17) is 0 Å². The minimum absolute atomic E-state index is 0.314. The van der Waals surface area contributed by atoms with Crippen LogP contribution in [0.25, 0.3) is 11.0 Å². The van der Waals surface area contributed by atoms with Crippen LogP contribution in [0.1, 0.15) is 25.6 Å². The van der Waals surface area contributed by atoms with E-state index in [9.17, 15) is 8.42 Å². The third-order valence-electron chi connectivity index (χ3n) is 3.16. The molecule has 0 bridgehead atoms. The van der Waals surface area contributed by atoms with Crippen molar-refractivity contribution in [1.82, 2.24) is 13.9 Å². The second-order valence-corrected chi connectivity index (χ2v) is 7.16. The van der Waals surface area contributed by atoms with E-state index in [0.717, 1.165) is 21.2 Å². The number of nitrogens with one attached hydrogen (secondary N) is 1. The molecular weight excluding hydrogens is 276 g/mol. The van der Waals surface area contributed by atoms with E-state index >= 15 is 0 Å². The lowest BCUT2D eigenvalue weighted by atomic mass is 10.2. The maximum absolute atomic E-state index is 11.8. The fraction of sp³-hybridized carbons (Fsp3) is 0.462. The predicted octanol–water partition coefficient (Wildman–Crippen LogP) is 1.92. The molecule has 7 heteroatoms. The van der Waals surface area contributed by atoms with E-state index in [2.05, 4.69) is 23.6 Å². The Morgan fingerprint density at radius 2 is 1.95 bits per heavy atom. The molecule has 1 heterocycles. The number of nitrogens with zero attached hydrogens (tertiary/aromatic N) is 3. The van der Waals surface area contributed by atoms with Gasteiger partial charge in [-0.3, -0.25) is 4.72 Å². The highest BCUT2D eigenvalue weighted by atomic mass is 32.2. The number of aromatic nitrogens is 2. The molecule has 1 N–H and O–H groups in total. The molecule has 0 aliphatic heterocycles. The quantitative estimate of drug-likeness (QED) is 0.937. The lowest BCUT2D eigenvalue weighted by Gasteiger charge is -2.13. The van der Waals surface area contributed by atoms with Crippen LogP contribution in [0.3, 0.4) is 0 Å². The molecule has 0 aliphatic rings. The second kappa shape index (κ2) is 5.06. The summed E-state index contributed by atoms with van der Waals surface area (Å²) in [5.41, 5.74) is 2.29. The summed E-state index contributed by atoms with van der Waals surface area (Å²) in [6.45, 7) is 4.16. The number of anilines is 1. The fourth-order valence-corrected chi connectivity index (χ4v) is 2.65. The Balaban J connectivity index is 2.45. The Kier molecular flexibility index (Phi) is 3.75. The van der Waals surface area contributed by atoms with E-state index in [1.54, 1.807) is 12.1 Å². The molecule has 110 valence electrons. The van der Waals surface area contributed by atoms with Crippen LogP contribution in [0.2, 0.25) is 0 Å². The minimum atomic E-state index is -3.49. The highest BCUT2D eigenvalue weighted by Crippen LogP contribution is 2.23. The van der Waals surface area contributed by atoms with Gasteiger partial charge in [-0.05, 0) is 18.2 Å². The fourth-order valence-electron chi connectivity index (χ4n) is 2.04. The molecule has 1 aromatic heterocycles. The summed E-state index contributed by atoms with van der Waals surface area (Å²) in [6, 6.07) is 5.37. The Morgan fingerprint density at radius 3 is 2.50 bits per heavy atom. The van der Waals surface area contributed by atoms with Gasteiger partial charge in [-0.15, -0.1) is 0 Å².